The van der Waals surface area contributed by atoms with Gasteiger partial charge in [0.25, 0.3) is 5.56 Å². The van der Waals surface area contributed by atoms with Gasteiger partial charge in [-0.1, -0.05) is 18.7 Å². The van der Waals surface area contributed by atoms with Crippen LogP contribution in [0.15, 0.2) is 22.2 Å². The van der Waals surface area contributed by atoms with Crippen LogP contribution in [0.2, 0.25) is 0 Å². The third-order valence-corrected chi connectivity index (χ3v) is 3.30. The summed E-state index contributed by atoms with van der Waals surface area (Å²) in [5.41, 5.74) is -0.101. The Bertz CT molecular complexity index is 313. The number of aromatic nitrogens is 2. The summed E-state index contributed by atoms with van der Waals surface area (Å²) >= 11 is 5.73. The molecule has 0 aliphatic carbocycles. The van der Waals surface area contributed by atoms with Gasteiger partial charge < -0.3 is 4.98 Å². The topological polar surface area (TPSA) is 45.8 Å². The van der Waals surface area contributed by atoms with Gasteiger partial charge in [-0.15, -0.1) is 0 Å². The fourth-order valence-corrected chi connectivity index (χ4v) is 1.87. The Balaban J connectivity index is 2.50. The second-order valence-corrected chi connectivity index (χ2v) is 4.21. The van der Waals surface area contributed by atoms with E-state index in [0.717, 1.165) is 11.5 Å². The maximum atomic E-state index is 10.9. The van der Waals surface area contributed by atoms with Gasteiger partial charge in [0.2, 0.25) is 0 Å². The van der Waals surface area contributed by atoms with Crippen molar-refractivity contribution in [3.8, 4) is 0 Å². The van der Waals surface area contributed by atoms with Gasteiger partial charge in [0.05, 0.1) is 0 Å². The van der Waals surface area contributed by atoms with E-state index in [1.54, 1.807) is 11.8 Å². The summed E-state index contributed by atoms with van der Waals surface area (Å²) in [6.07, 6.45) is 1.52. The molecule has 1 aromatic heterocycles. The smallest absolute Gasteiger partial charge is 0.251 e. The minimum Gasteiger partial charge on any atom is -0.301 e. The summed E-state index contributed by atoms with van der Waals surface area (Å²) < 4.78 is 0. The summed E-state index contributed by atoms with van der Waals surface area (Å²) in [5.74, 6) is 2.30. The molecule has 1 N–H and O–H groups in total. The van der Waals surface area contributed by atoms with Crippen LogP contribution in [0.4, 0.5) is 0 Å². The summed E-state index contributed by atoms with van der Waals surface area (Å²) in [6.45, 7) is 2.11. The summed E-state index contributed by atoms with van der Waals surface area (Å²) in [7, 11) is 0. The van der Waals surface area contributed by atoms with Gasteiger partial charge in [0.15, 0.2) is 5.16 Å². The van der Waals surface area contributed by atoms with E-state index in [4.69, 9.17) is 0 Å². The third-order valence-electron chi connectivity index (χ3n) is 1.46. The molecule has 5 heteroatoms. The Kier molecular flexibility index (Phi) is 4.38. The highest BCUT2D eigenvalue weighted by Gasteiger charge is 2.01. The fraction of sp³-hybridized carbons (Fsp3) is 0.500. The highest BCUT2D eigenvalue weighted by molar-refractivity contribution is 7.99. The normalized spacial score (nSPS) is 12.8. The minimum absolute atomic E-state index is 0.101. The number of rotatable bonds is 4. The van der Waals surface area contributed by atoms with Crippen molar-refractivity contribution in [2.24, 2.45) is 5.92 Å². The van der Waals surface area contributed by atoms with Crippen LogP contribution in [0, 0.1) is 5.92 Å². The molecule has 0 amide bonds. The first-order valence-electron chi connectivity index (χ1n) is 4.01. The van der Waals surface area contributed by atoms with Crippen LogP contribution < -0.4 is 5.56 Å². The number of nitrogens with one attached hydrogen (secondary N) is 1. The molecule has 0 aliphatic heterocycles. The molecule has 0 saturated heterocycles. The number of H-pyrrole nitrogens is 1. The molecule has 0 bridgehead atoms. The quantitative estimate of drug-likeness (QED) is 0.454. The van der Waals surface area contributed by atoms with Crippen molar-refractivity contribution in [1.82, 2.24) is 9.97 Å². The molecular weight excluding hydrogens is 204 g/mol. The predicted octanol–water partition coefficient (Wildman–Crippen LogP) is 1.43. The second-order valence-electron chi connectivity index (χ2n) is 2.84. The number of hydrogen-bond donors (Lipinski definition) is 2. The lowest BCUT2D eigenvalue weighted by molar-refractivity contribution is 0.763. The molecule has 72 valence electrons. The molecule has 1 atom stereocenters. The van der Waals surface area contributed by atoms with Gasteiger partial charge in [0, 0.05) is 18.0 Å². The Labute approximate surface area is 86.8 Å². The van der Waals surface area contributed by atoms with E-state index in [9.17, 15) is 4.79 Å². The predicted molar refractivity (Wildman–Crippen MR) is 58.6 cm³/mol. The maximum absolute atomic E-state index is 10.9. The van der Waals surface area contributed by atoms with E-state index < -0.39 is 0 Å². The van der Waals surface area contributed by atoms with E-state index in [-0.39, 0.29) is 5.56 Å². The molecule has 13 heavy (non-hydrogen) atoms. The van der Waals surface area contributed by atoms with Gasteiger partial charge in [-0.25, -0.2) is 4.98 Å². The van der Waals surface area contributed by atoms with Crippen LogP contribution in [0.5, 0.6) is 0 Å². The second kappa shape index (κ2) is 5.34. The van der Waals surface area contributed by atoms with Crippen molar-refractivity contribution < 1.29 is 0 Å². The number of aromatic amines is 1. The molecule has 3 nitrogen and oxygen atoms in total. The third kappa shape index (κ3) is 3.87. The largest absolute Gasteiger partial charge is 0.301 e. The summed E-state index contributed by atoms with van der Waals surface area (Å²) in [5, 5.41) is 0.682. The zero-order valence-corrected chi connectivity index (χ0v) is 9.07. The average Bonchev–Trinajstić information content (AvgIpc) is 2.14. The first-order valence-corrected chi connectivity index (χ1v) is 5.63. The van der Waals surface area contributed by atoms with Gasteiger partial charge in [-0.05, 0) is 11.7 Å². The standard InChI is InChI=1S/C8H12N2OS2/c1-6(4-12)5-13-8-9-3-2-7(11)10-8/h2-3,6,12H,4-5H2,1H3,(H,9,10,11). The van der Waals surface area contributed by atoms with Crippen molar-refractivity contribution in [3.05, 3.63) is 22.6 Å². The number of thioether (sulfide) groups is 1. The molecule has 1 unspecified atom stereocenters. The lowest BCUT2D eigenvalue weighted by Crippen LogP contribution is -2.07. The SMILES string of the molecule is CC(CS)CSc1nccc(=O)[nH]1. The van der Waals surface area contributed by atoms with Crippen LogP contribution in [0.3, 0.4) is 0 Å². The molecule has 0 saturated carbocycles. The van der Waals surface area contributed by atoms with Gasteiger partial charge in [-0.2, -0.15) is 12.6 Å². The first-order chi connectivity index (χ1) is 6.22. The van der Waals surface area contributed by atoms with Crippen LogP contribution in [0.1, 0.15) is 6.92 Å². The van der Waals surface area contributed by atoms with Crippen LogP contribution in [0.25, 0.3) is 0 Å². The Morgan fingerprint density at radius 1 is 1.77 bits per heavy atom. The molecule has 0 spiro atoms. The van der Waals surface area contributed by atoms with Crippen molar-refractivity contribution in [2.45, 2.75) is 12.1 Å². The highest BCUT2D eigenvalue weighted by Crippen LogP contribution is 2.15. The van der Waals surface area contributed by atoms with E-state index >= 15 is 0 Å². The molecule has 1 aromatic rings. The monoisotopic (exact) mass is 216 g/mol. The Morgan fingerprint density at radius 2 is 2.54 bits per heavy atom. The van der Waals surface area contributed by atoms with Crippen molar-refractivity contribution in [3.63, 3.8) is 0 Å². The molecular formula is C8H12N2OS2. The van der Waals surface area contributed by atoms with Gasteiger partial charge >= 0.3 is 0 Å². The van der Waals surface area contributed by atoms with E-state index in [2.05, 4.69) is 29.5 Å². The van der Waals surface area contributed by atoms with Crippen molar-refractivity contribution in [1.29, 1.82) is 0 Å². The fourth-order valence-electron chi connectivity index (χ4n) is 0.699. The number of hydrogen-bond acceptors (Lipinski definition) is 4. The number of thiol groups is 1. The lowest BCUT2D eigenvalue weighted by atomic mass is 10.3. The molecule has 0 aliphatic rings. The number of nitrogens with zero attached hydrogens (tertiary/aromatic N) is 1. The summed E-state index contributed by atoms with van der Waals surface area (Å²) in [6, 6.07) is 1.41. The molecule has 1 heterocycles. The lowest BCUT2D eigenvalue weighted by Gasteiger charge is -2.05. The molecule has 0 radical (unpaired) electrons. The van der Waals surface area contributed by atoms with E-state index in [0.29, 0.717) is 11.1 Å². The zero-order chi connectivity index (χ0) is 9.68. The maximum Gasteiger partial charge on any atom is 0.251 e. The molecule has 0 fully saturated rings. The summed E-state index contributed by atoms with van der Waals surface area (Å²) in [4.78, 5) is 17.6. The Morgan fingerprint density at radius 3 is 3.15 bits per heavy atom. The van der Waals surface area contributed by atoms with Crippen molar-refractivity contribution in [2.75, 3.05) is 11.5 Å². The van der Waals surface area contributed by atoms with E-state index in [1.807, 2.05) is 0 Å². The first kappa shape index (κ1) is 10.7. The Hall–Kier alpha value is -0.420. The van der Waals surface area contributed by atoms with Crippen LogP contribution in [-0.4, -0.2) is 21.5 Å². The minimum atomic E-state index is -0.101. The zero-order valence-electron chi connectivity index (χ0n) is 7.36. The molecule has 1 rings (SSSR count). The van der Waals surface area contributed by atoms with Crippen molar-refractivity contribution >= 4 is 24.4 Å². The van der Waals surface area contributed by atoms with Gasteiger partial charge in [0.1, 0.15) is 0 Å². The van der Waals surface area contributed by atoms with Gasteiger partial charge in [-0.3, -0.25) is 4.79 Å². The van der Waals surface area contributed by atoms with Crippen LogP contribution in [-0.2, 0) is 0 Å². The molecule has 0 aromatic carbocycles. The van der Waals surface area contributed by atoms with Crippen LogP contribution >= 0.6 is 24.4 Å². The van der Waals surface area contributed by atoms with E-state index in [1.165, 1.54) is 12.3 Å². The average molecular weight is 216 g/mol. The highest BCUT2D eigenvalue weighted by atomic mass is 32.2.